The number of para-hydroxylation sites is 2. The van der Waals surface area contributed by atoms with Gasteiger partial charge in [-0.05, 0) is 26.0 Å². The third kappa shape index (κ3) is 2.72. The number of nitrogens with one attached hydrogen (secondary N) is 1. The molecule has 0 saturated heterocycles. The zero-order chi connectivity index (χ0) is 13.1. The first kappa shape index (κ1) is 13.1. The normalized spacial score (nSPS) is 11.9. The van der Waals surface area contributed by atoms with Crippen LogP contribution in [0.2, 0.25) is 0 Å². The minimum Gasteiger partial charge on any atom is -0.325 e. The van der Waals surface area contributed by atoms with Crippen LogP contribution in [-0.4, -0.2) is 22.1 Å². The van der Waals surface area contributed by atoms with Gasteiger partial charge in [-0.15, -0.1) is 0 Å². The quantitative estimate of drug-likeness (QED) is 0.877. The van der Waals surface area contributed by atoms with Gasteiger partial charge >= 0.3 is 0 Å². The molecule has 0 aliphatic carbocycles. The molecule has 0 spiro atoms. The van der Waals surface area contributed by atoms with Gasteiger partial charge in [-0.1, -0.05) is 26.0 Å². The fourth-order valence-electron chi connectivity index (χ4n) is 2.32. The molecule has 1 aromatic carbocycles. The van der Waals surface area contributed by atoms with Gasteiger partial charge in [0.25, 0.3) is 0 Å². The van der Waals surface area contributed by atoms with Crippen LogP contribution in [-0.2, 0) is 6.42 Å². The second-order valence-electron chi connectivity index (χ2n) is 5.34. The van der Waals surface area contributed by atoms with E-state index in [0.717, 1.165) is 18.5 Å². The highest BCUT2D eigenvalue weighted by Gasteiger charge is 2.12. The van der Waals surface area contributed by atoms with E-state index in [2.05, 4.69) is 61.8 Å². The smallest absolute Gasteiger partial charge is 0.111 e. The lowest BCUT2D eigenvalue weighted by Crippen LogP contribution is -2.26. The SMILES string of the molecule is CC(C)NCCc1nc2ccccc2n1C(C)C. The van der Waals surface area contributed by atoms with Crippen LogP contribution in [0.5, 0.6) is 0 Å². The molecule has 0 aliphatic rings. The second kappa shape index (κ2) is 5.53. The number of benzene rings is 1. The van der Waals surface area contributed by atoms with Gasteiger partial charge in [0, 0.05) is 25.0 Å². The van der Waals surface area contributed by atoms with Crippen LogP contribution in [0.25, 0.3) is 11.0 Å². The predicted molar refractivity (Wildman–Crippen MR) is 77.0 cm³/mol. The number of rotatable bonds is 5. The van der Waals surface area contributed by atoms with Gasteiger partial charge < -0.3 is 9.88 Å². The molecule has 0 aliphatic heterocycles. The largest absolute Gasteiger partial charge is 0.325 e. The van der Waals surface area contributed by atoms with Gasteiger partial charge in [-0.25, -0.2) is 4.98 Å². The average Bonchev–Trinajstić information content (AvgIpc) is 2.66. The Kier molecular flexibility index (Phi) is 4.02. The number of nitrogens with zero attached hydrogens (tertiary/aromatic N) is 2. The second-order valence-corrected chi connectivity index (χ2v) is 5.34. The fraction of sp³-hybridized carbons (Fsp3) is 0.533. The maximum absolute atomic E-state index is 4.75. The Labute approximate surface area is 109 Å². The van der Waals surface area contributed by atoms with Crippen molar-refractivity contribution in [1.82, 2.24) is 14.9 Å². The van der Waals surface area contributed by atoms with Crippen molar-refractivity contribution in [3.05, 3.63) is 30.1 Å². The lowest BCUT2D eigenvalue weighted by molar-refractivity contribution is 0.546. The van der Waals surface area contributed by atoms with E-state index in [1.807, 2.05) is 0 Å². The Hall–Kier alpha value is -1.35. The molecule has 3 nitrogen and oxygen atoms in total. The third-order valence-electron chi connectivity index (χ3n) is 3.09. The number of fused-ring (bicyclic) bond motifs is 1. The van der Waals surface area contributed by atoms with E-state index in [4.69, 9.17) is 4.98 Å². The van der Waals surface area contributed by atoms with Crippen LogP contribution in [0.15, 0.2) is 24.3 Å². The summed E-state index contributed by atoms with van der Waals surface area (Å²) >= 11 is 0. The van der Waals surface area contributed by atoms with Gasteiger partial charge in [-0.3, -0.25) is 0 Å². The summed E-state index contributed by atoms with van der Waals surface area (Å²) in [6.45, 7) is 9.76. The number of hydrogen-bond acceptors (Lipinski definition) is 2. The first-order valence-corrected chi connectivity index (χ1v) is 6.79. The standard InChI is InChI=1S/C15H23N3/c1-11(2)16-10-9-15-17-13-7-5-6-8-14(13)18(15)12(3)4/h5-8,11-12,16H,9-10H2,1-4H3. The molecule has 0 saturated carbocycles. The van der Waals surface area contributed by atoms with E-state index in [-0.39, 0.29) is 0 Å². The summed E-state index contributed by atoms with van der Waals surface area (Å²) in [7, 11) is 0. The molecule has 0 atom stereocenters. The van der Waals surface area contributed by atoms with Gasteiger partial charge in [-0.2, -0.15) is 0 Å². The number of hydrogen-bond donors (Lipinski definition) is 1. The monoisotopic (exact) mass is 245 g/mol. The molecule has 18 heavy (non-hydrogen) atoms. The predicted octanol–water partition coefficient (Wildman–Crippen LogP) is 3.16. The molecule has 0 radical (unpaired) electrons. The number of imidazole rings is 1. The molecule has 0 fully saturated rings. The van der Waals surface area contributed by atoms with E-state index in [1.165, 1.54) is 11.3 Å². The molecule has 98 valence electrons. The van der Waals surface area contributed by atoms with Crippen molar-refractivity contribution in [2.45, 2.75) is 46.2 Å². The minimum absolute atomic E-state index is 0.450. The Morgan fingerprint density at radius 3 is 2.56 bits per heavy atom. The van der Waals surface area contributed by atoms with Crippen molar-refractivity contribution in [2.75, 3.05) is 6.54 Å². The molecule has 1 aromatic heterocycles. The van der Waals surface area contributed by atoms with Crippen molar-refractivity contribution in [2.24, 2.45) is 0 Å². The zero-order valence-electron chi connectivity index (χ0n) is 11.8. The molecule has 3 heteroatoms. The third-order valence-corrected chi connectivity index (χ3v) is 3.09. The van der Waals surface area contributed by atoms with Crippen LogP contribution < -0.4 is 5.32 Å². The van der Waals surface area contributed by atoms with Gasteiger partial charge in [0.1, 0.15) is 5.82 Å². The Morgan fingerprint density at radius 1 is 1.17 bits per heavy atom. The zero-order valence-corrected chi connectivity index (χ0v) is 11.8. The molecular weight excluding hydrogens is 222 g/mol. The molecular formula is C15H23N3. The first-order valence-electron chi connectivity index (χ1n) is 6.79. The highest BCUT2D eigenvalue weighted by Crippen LogP contribution is 2.20. The molecule has 0 bridgehead atoms. The van der Waals surface area contributed by atoms with Crippen LogP contribution in [0.3, 0.4) is 0 Å². The van der Waals surface area contributed by atoms with Gasteiger partial charge in [0.05, 0.1) is 11.0 Å². The van der Waals surface area contributed by atoms with Gasteiger partial charge in [0.2, 0.25) is 0 Å². The van der Waals surface area contributed by atoms with Gasteiger partial charge in [0.15, 0.2) is 0 Å². The van der Waals surface area contributed by atoms with E-state index in [1.54, 1.807) is 0 Å². The average molecular weight is 245 g/mol. The Balaban J connectivity index is 2.28. The summed E-state index contributed by atoms with van der Waals surface area (Å²) in [5, 5.41) is 3.45. The highest BCUT2D eigenvalue weighted by atomic mass is 15.1. The summed E-state index contributed by atoms with van der Waals surface area (Å²) in [6.07, 6.45) is 0.977. The molecule has 2 rings (SSSR count). The lowest BCUT2D eigenvalue weighted by Gasteiger charge is -2.14. The topological polar surface area (TPSA) is 29.9 Å². The highest BCUT2D eigenvalue weighted by molar-refractivity contribution is 5.76. The summed E-state index contributed by atoms with van der Waals surface area (Å²) in [5.41, 5.74) is 2.35. The van der Waals surface area contributed by atoms with Crippen molar-refractivity contribution < 1.29 is 0 Å². The van der Waals surface area contributed by atoms with E-state index < -0.39 is 0 Å². The first-order chi connectivity index (χ1) is 8.59. The van der Waals surface area contributed by atoms with Crippen molar-refractivity contribution >= 4 is 11.0 Å². The molecule has 0 amide bonds. The van der Waals surface area contributed by atoms with Crippen LogP contribution in [0, 0.1) is 0 Å². The van der Waals surface area contributed by atoms with E-state index >= 15 is 0 Å². The van der Waals surface area contributed by atoms with Crippen molar-refractivity contribution in [1.29, 1.82) is 0 Å². The lowest BCUT2D eigenvalue weighted by atomic mass is 10.3. The Morgan fingerprint density at radius 2 is 1.89 bits per heavy atom. The summed E-state index contributed by atoms with van der Waals surface area (Å²) in [4.78, 5) is 4.75. The van der Waals surface area contributed by atoms with Crippen LogP contribution in [0.1, 0.15) is 39.6 Å². The van der Waals surface area contributed by atoms with Crippen molar-refractivity contribution in [3.8, 4) is 0 Å². The molecule has 1 heterocycles. The maximum atomic E-state index is 4.75. The maximum Gasteiger partial charge on any atom is 0.111 e. The van der Waals surface area contributed by atoms with Crippen molar-refractivity contribution in [3.63, 3.8) is 0 Å². The Bertz CT molecular complexity index is 511. The summed E-state index contributed by atoms with van der Waals surface area (Å²) in [6, 6.07) is 9.36. The van der Waals surface area contributed by atoms with Crippen LogP contribution in [0.4, 0.5) is 0 Å². The summed E-state index contributed by atoms with van der Waals surface area (Å²) < 4.78 is 2.34. The number of aromatic nitrogens is 2. The minimum atomic E-state index is 0.450. The molecule has 2 aromatic rings. The molecule has 1 N–H and O–H groups in total. The van der Waals surface area contributed by atoms with Crippen LogP contribution >= 0.6 is 0 Å². The van der Waals surface area contributed by atoms with E-state index in [0.29, 0.717) is 12.1 Å². The fourth-order valence-corrected chi connectivity index (χ4v) is 2.32. The molecule has 0 unspecified atom stereocenters. The summed E-state index contributed by atoms with van der Waals surface area (Å²) in [5.74, 6) is 1.18. The van der Waals surface area contributed by atoms with E-state index in [9.17, 15) is 0 Å².